The van der Waals surface area contributed by atoms with E-state index in [9.17, 15) is 22.0 Å². The molecule has 1 N–H and O–H groups in total. The van der Waals surface area contributed by atoms with E-state index in [0.29, 0.717) is 26.2 Å². The first-order valence-electron chi connectivity index (χ1n) is 6.34. The molecule has 0 spiro atoms. The second-order valence-corrected chi connectivity index (χ2v) is 4.76. The average Bonchev–Trinajstić information content (AvgIpc) is 2.37. The molecule has 0 unspecified atom stereocenters. The van der Waals surface area contributed by atoms with Crippen molar-refractivity contribution in [2.24, 2.45) is 0 Å². The summed E-state index contributed by atoms with van der Waals surface area (Å²) in [5.41, 5.74) is -0.494. The van der Waals surface area contributed by atoms with Gasteiger partial charge in [0.05, 0.1) is 6.42 Å². The van der Waals surface area contributed by atoms with Crippen molar-refractivity contribution in [3.63, 3.8) is 0 Å². The minimum Gasteiger partial charge on any atom is -0.314 e. The van der Waals surface area contributed by atoms with Crippen LogP contribution < -0.4 is 5.32 Å². The fraction of sp³-hybridized carbons (Fsp3) is 0.538. The smallest absolute Gasteiger partial charge is 0.314 e. The topological polar surface area (TPSA) is 15.3 Å². The third-order valence-electron chi connectivity index (χ3n) is 3.35. The normalized spacial score (nSPS) is 18.1. The number of rotatable bonds is 3. The molecule has 1 saturated heterocycles. The van der Waals surface area contributed by atoms with Crippen molar-refractivity contribution in [2.45, 2.75) is 18.6 Å². The van der Waals surface area contributed by atoms with Gasteiger partial charge in [-0.05, 0) is 12.1 Å². The Morgan fingerprint density at radius 2 is 1.62 bits per heavy atom. The van der Waals surface area contributed by atoms with E-state index < -0.39 is 35.8 Å². The highest BCUT2D eigenvalue weighted by atomic mass is 35.5. The first-order valence-corrected chi connectivity index (χ1v) is 6.34. The van der Waals surface area contributed by atoms with Gasteiger partial charge in [-0.1, -0.05) is 6.07 Å². The maximum absolute atomic E-state index is 13.8. The van der Waals surface area contributed by atoms with Gasteiger partial charge in [0.15, 0.2) is 0 Å². The molecule has 0 bridgehead atoms. The van der Waals surface area contributed by atoms with Crippen molar-refractivity contribution in [3.05, 3.63) is 35.4 Å². The van der Waals surface area contributed by atoms with Gasteiger partial charge in [0.2, 0.25) is 0 Å². The molecule has 0 aromatic heterocycles. The molecule has 2 nitrogen and oxygen atoms in total. The molecule has 0 aliphatic carbocycles. The van der Waals surface area contributed by atoms with Crippen molar-refractivity contribution in [1.29, 1.82) is 0 Å². The molecular formula is C13H16ClF5N2. The van der Waals surface area contributed by atoms with E-state index >= 15 is 0 Å². The minimum atomic E-state index is -4.48. The van der Waals surface area contributed by atoms with E-state index in [-0.39, 0.29) is 12.4 Å². The predicted molar refractivity (Wildman–Crippen MR) is 71.5 cm³/mol. The van der Waals surface area contributed by atoms with E-state index in [1.807, 2.05) is 0 Å². The number of nitrogens with one attached hydrogen (secondary N) is 1. The first-order chi connectivity index (χ1) is 9.38. The molecule has 21 heavy (non-hydrogen) atoms. The highest BCUT2D eigenvalue weighted by molar-refractivity contribution is 5.85. The summed E-state index contributed by atoms with van der Waals surface area (Å²) < 4.78 is 65.7. The lowest BCUT2D eigenvalue weighted by Gasteiger charge is -2.35. The number of piperazine rings is 1. The summed E-state index contributed by atoms with van der Waals surface area (Å²) in [6.07, 6.45) is -5.74. The summed E-state index contributed by atoms with van der Waals surface area (Å²) in [5.74, 6) is -1.87. The van der Waals surface area contributed by atoms with Crippen molar-refractivity contribution < 1.29 is 22.0 Å². The minimum absolute atomic E-state index is 0. The zero-order valence-electron chi connectivity index (χ0n) is 11.1. The van der Waals surface area contributed by atoms with Gasteiger partial charge in [0.1, 0.15) is 11.6 Å². The van der Waals surface area contributed by atoms with Gasteiger partial charge in [0, 0.05) is 37.8 Å². The van der Waals surface area contributed by atoms with Gasteiger partial charge in [-0.3, -0.25) is 4.90 Å². The molecule has 1 aliphatic rings. The zero-order valence-corrected chi connectivity index (χ0v) is 11.9. The third-order valence-corrected chi connectivity index (χ3v) is 3.35. The number of benzene rings is 1. The van der Waals surface area contributed by atoms with Crippen LogP contribution in [0.15, 0.2) is 18.2 Å². The number of nitrogens with zero attached hydrogens (tertiary/aromatic N) is 1. The Morgan fingerprint density at radius 3 is 2.10 bits per heavy atom. The van der Waals surface area contributed by atoms with Crippen molar-refractivity contribution in [1.82, 2.24) is 10.2 Å². The Labute approximate surface area is 125 Å². The largest absolute Gasteiger partial charge is 0.390 e. The van der Waals surface area contributed by atoms with Gasteiger partial charge in [-0.25, -0.2) is 8.78 Å². The van der Waals surface area contributed by atoms with E-state index in [1.54, 1.807) is 0 Å². The first kappa shape index (κ1) is 18.1. The van der Waals surface area contributed by atoms with Crippen LogP contribution in [0.2, 0.25) is 0 Å². The Kier molecular flexibility index (Phi) is 6.37. The molecule has 1 heterocycles. The Balaban J connectivity index is 0.00000220. The van der Waals surface area contributed by atoms with Crippen molar-refractivity contribution in [2.75, 3.05) is 26.2 Å². The van der Waals surface area contributed by atoms with Crippen LogP contribution in [0.4, 0.5) is 22.0 Å². The van der Waals surface area contributed by atoms with Crippen molar-refractivity contribution >= 4 is 12.4 Å². The van der Waals surface area contributed by atoms with E-state index in [1.165, 1.54) is 4.90 Å². The molecule has 1 atom stereocenters. The van der Waals surface area contributed by atoms with Gasteiger partial charge < -0.3 is 5.32 Å². The number of halogens is 6. The Morgan fingerprint density at radius 1 is 1.10 bits per heavy atom. The monoisotopic (exact) mass is 330 g/mol. The summed E-state index contributed by atoms with van der Waals surface area (Å²) in [7, 11) is 0. The maximum atomic E-state index is 13.8. The summed E-state index contributed by atoms with van der Waals surface area (Å²) in [4.78, 5) is 1.48. The average molecular weight is 331 g/mol. The highest BCUT2D eigenvalue weighted by Crippen LogP contribution is 2.36. The van der Waals surface area contributed by atoms with Crippen LogP contribution >= 0.6 is 12.4 Å². The van der Waals surface area contributed by atoms with Crippen LogP contribution in [-0.2, 0) is 0 Å². The number of alkyl halides is 3. The summed E-state index contributed by atoms with van der Waals surface area (Å²) in [5, 5.41) is 3.00. The molecule has 0 radical (unpaired) electrons. The third kappa shape index (κ3) is 4.79. The summed E-state index contributed by atoms with van der Waals surface area (Å²) in [6, 6.07) is 1.81. The van der Waals surface area contributed by atoms with Crippen LogP contribution in [0, 0.1) is 11.6 Å². The van der Waals surface area contributed by atoms with Crippen LogP contribution in [-0.4, -0.2) is 37.3 Å². The Bertz CT molecular complexity index is 440. The summed E-state index contributed by atoms with van der Waals surface area (Å²) >= 11 is 0. The van der Waals surface area contributed by atoms with Crippen LogP contribution in [0.5, 0.6) is 0 Å². The highest BCUT2D eigenvalue weighted by Gasteiger charge is 2.38. The van der Waals surface area contributed by atoms with Gasteiger partial charge in [0.25, 0.3) is 0 Å². The lowest BCUT2D eigenvalue weighted by molar-refractivity contribution is -0.149. The molecule has 120 valence electrons. The molecule has 1 aromatic rings. The van der Waals surface area contributed by atoms with E-state index in [0.717, 1.165) is 18.2 Å². The molecular weight excluding hydrogens is 315 g/mol. The van der Waals surface area contributed by atoms with Crippen molar-refractivity contribution in [3.8, 4) is 0 Å². The summed E-state index contributed by atoms with van der Waals surface area (Å²) in [6.45, 7) is 1.66. The Hall–Kier alpha value is -0.920. The maximum Gasteiger partial charge on any atom is 0.390 e. The van der Waals surface area contributed by atoms with E-state index in [2.05, 4.69) is 5.32 Å². The van der Waals surface area contributed by atoms with Gasteiger partial charge in [-0.15, -0.1) is 12.4 Å². The second kappa shape index (κ2) is 7.38. The predicted octanol–water partition coefficient (Wildman–Crippen LogP) is 3.29. The molecule has 1 aliphatic heterocycles. The second-order valence-electron chi connectivity index (χ2n) is 4.76. The lowest BCUT2D eigenvalue weighted by atomic mass is 9.99. The van der Waals surface area contributed by atoms with Gasteiger partial charge in [-0.2, -0.15) is 13.2 Å². The lowest BCUT2D eigenvalue weighted by Crippen LogP contribution is -2.46. The molecule has 0 amide bonds. The molecule has 8 heteroatoms. The standard InChI is InChI=1S/C13H15F5N2.ClH/c14-9-2-1-3-10(15)12(9)11(8-13(16,17)18)20-6-4-19-5-7-20;/h1-3,11,19H,4-8H2;1H/t11-;/m0./s1. The van der Waals surface area contributed by atoms with E-state index in [4.69, 9.17) is 0 Å². The van der Waals surface area contributed by atoms with Crippen LogP contribution in [0.1, 0.15) is 18.0 Å². The fourth-order valence-electron chi connectivity index (χ4n) is 2.46. The van der Waals surface area contributed by atoms with Gasteiger partial charge >= 0.3 is 6.18 Å². The molecule has 1 aromatic carbocycles. The number of hydrogen-bond donors (Lipinski definition) is 1. The van der Waals surface area contributed by atoms with Crippen LogP contribution in [0.25, 0.3) is 0 Å². The molecule has 2 rings (SSSR count). The zero-order chi connectivity index (χ0) is 14.8. The quantitative estimate of drug-likeness (QED) is 0.856. The molecule has 1 fully saturated rings. The SMILES string of the molecule is Cl.Fc1cccc(F)c1[C@H](CC(F)(F)F)N1CCNCC1. The number of hydrogen-bond acceptors (Lipinski definition) is 2. The molecule has 0 saturated carbocycles. The fourth-order valence-corrected chi connectivity index (χ4v) is 2.46. The van der Waals surface area contributed by atoms with Crippen LogP contribution in [0.3, 0.4) is 0 Å².